The first-order valence-corrected chi connectivity index (χ1v) is 7.61. The molecule has 1 aromatic heterocycles. The number of benzene rings is 2. The van der Waals surface area contributed by atoms with Crippen LogP contribution in [0.3, 0.4) is 0 Å². The third kappa shape index (κ3) is 2.67. The van der Waals surface area contributed by atoms with Crippen LogP contribution in [-0.2, 0) is 10.2 Å². The molecule has 3 aromatic rings. The minimum atomic E-state index is -0.598. The van der Waals surface area contributed by atoms with Crippen LogP contribution < -0.4 is 5.32 Å². The van der Waals surface area contributed by atoms with Gasteiger partial charge in [0.2, 0.25) is 5.91 Å². The van der Waals surface area contributed by atoms with Crippen molar-refractivity contribution in [3.63, 3.8) is 0 Å². The number of thiazole rings is 1. The fraction of sp³-hybridized carbons (Fsp3) is 0.176. The average molecular weight is 296 g/mol. The molecule has 0 unspecified atom stereocenters. The van der Waals surface area contributed by atoms with E-state index in [-0.39, 0.29) is 5.91 Å². The molecule has 1 heterocycles. The van der Waals surface area contributed by atoms with Crippen molar-refractivity contribution in [2.75, 3.05) is 5.32 Å². The van der Waals surface area contributed by atoms with E-state index in [0.29, 0.717) is 5.13 Å². The minimum Gasteiger partial charge on any atom is -0.301 e. The molecule has 2 aromatic carbocycles. The second-order valence-corrected chi connectivity index (χ2v) is 6.46. The summed E-state index contributed by atoms with van der Waals surface area (Å²) in [6, 6.07) is 17.7. The van der Waals surface area contributed by atoms with Gasteiger partial charge in [0.1, 0.15) is 0 Å². The van der Waals surface area contributed by atoms with Gasteiger partial charge in [0, 0.05) is 0 Å². The Labute approximate surface area is 127 Å². The van der Waals surface area contributed by atoms with Gasteiger partial charge in [0.05, 0.1) is 15.6 Å². The van der Waals surface area contributed by atoms with Gasteiger partial charge in [-0.25, -0.2) is 4.98 Å². The molecule has 3 nitrogen and oxygen atoms in total. The Morgan fingerprint density at radius 3 is 2.43 bits per heavy atom. The van der Waals surface area contributed by atoms with Crippen molar-refractivity contribution in [1.29, 1.82) is 0 Å². The maximum Gasteiger partial charge on any atom is 0.236 e. The van der Waals surface area contributed by atoms with Crippen molar-refractivity contribution < 1.29 is 4.79 Å². The zero-order chi connectivity index (χ0) is 14.9. The number of carbonyl (C=O) groups excluding carboxylic acids is 1. The van der Waals surface area contributed by atoms with Crippen LogP contribution >= 0.6 is 11.3 Å². The molecule has 1 N–H and O–H groups in total. The fourth-order valence-electron chi connectivity index (χ4n) is 2.16. The molecule has 106 valence electrons. The molecule has 0 aliphatic rings. The Balaban J connectivity index is 1.85. The van der Waals surface area contributed by atoms with E-state index in [4.69, 9.17) is 0 Å². The molecule has 0 saturated heterocycles. The first-order chi connectivity index (χ1) is 10.1. The van der Waals surface area contributed by atoms with Gasteiger partial charge in [-0.05, 0) is 31.5 Å². The highest BCUT2D eigenvalue weighted by atomic mass is 32.1. The monoisotopic (exact) mass is 296 g/mol. The van der Waals surface area contributed by atoms with Gasteiger partial charge >= 0.3 is 0 Å². The highest BCUT2D eigenvalue weighted by Gasteiger charge is 2.30. The molecule has 0 spiro atoms. The topological polar surface area (TPSA) is 42.0 Å². The fourth-order valence-corrected chi connectivity index (χ4v) is 3.03. The SMILES string of the molecule is CC(C)(C(=O)Nc1nc2ccccc2s1)c1ccccc1. The Morgan fingerprint density at radius 1 is 1.05 bits per heavy atom. The number of para-hydroxylation sites is 1. The third-order valence-electron chi connectivity index (χ3n) is 3.58. The number of fused-ring (bicyclic) bond motifs is 1. The standard InChI is InChI=1S/C17H16N2OS/c1-17(2,12-8-4-3-5-9-12)15(20)19-16-18-13-10-6-7-11-14(13)21-16/h3-11H,1-2H3,(H,18,19,20). The Morgan fingerprint density at radius 2 is 1.71 bits per heavy atom. The van der Waals surface area contributed by atoms with E-state index < -0.39 is 5.41 Å². The third-order valence-corrected chi connectivity index (χ3v) is 4.53. The first kappa shape index (κ1) is 13.8. The number of nitrogens with zero attached hydrogens (tertiary/aromatic N) is 1. The number of carbonyl (C=O) groups is 1. The van der Waals surface area contributed by atoms with Gasteiger partial charge in [-0.3, -0.25) is 4.79 Å². The summed E-state index contributed by atoms with van der Waals surface area (Å²) in [5.74, 6) is -0.0484. The molecule has 0 radical (unpaired) electrons. The van der Waals surface area contributed by atoms with Crippen molar-refractivity contribution in [3.8, 4) is 0 Å². The summed E-state index contributed by atoms with van der Waals surface area (Å²) in [7, 11) is 0. The molecule has 0 fully saturated rings. The second kappa shape index (κ2) is 5.30. The van der Waals surface area contributed by atoms with Crippen LogP contribution in [0.2, 0.25) is 0 Å². The highest BCUT2D eigenvalue weighted by Crippen LogP contribution is 2.29. The number of hydrogen-bond donors (Lipinski definition) is 1. The highest BCUT2D eigenvalue weighted by molar-refractivity contribution is 7.22. The second-order valence-electron chi connectivity index (χ2n) is 5.43. The average Bonchev–Trinajstić information content (AvgIpc) is 2.90. The lowest BCUT2D eigenvalue weighted by Gasteiger charge is -2.23. The predicted octanol–water partition coefficient (Wildman–Crippen LogP) is 4.21. The normalized spacial score (nSPS) is 11.5. The van der Waals surface area contributed by atoms with E-state index in [1.165, 1.54) is 11.3 Å². The van der Waals surface area contributed by atoms with Gasteiger partial charge < -0.3 is 5.32 Å². The molecule has 3 rings (SSSR count). The first-order valence-electron chi connectivity index (χ1n) is 6.80. The number of rotatable bonds is 3. The number of anilines is 1. The van der Waals surface area contributed by atoms with Crippen LogP contribution in [0.4, 0.5) is 5.13 Å². The molecule has 21 heavy (non-hydrogen) atoms. The zero-order valence-corrected chi connectivity index (χ0v) is 12.8. The quantitative estimate of drug-likeness (QED) is 0.786. The Hall–Kier alpha value is -2.20. The van der Waals surface area contributed by atoms with Gasteiger partial charge in [-0.2, -0.15) is 0 Å². The van der Waals surface area contributed by atoms with Gasteiger partial charge in [-0.1, -0.05) is 53.8 Å². The van der Waals surface area contributed by atoms with E-state index >= 15 is 0 Å². The van der Waals surface area contributed by atoms with Crippen LogP contribution in [0.15, 0.2) is 54.6 Å². The van der Waals surface area contributed by atoms with Crippen LogP contribution in [0, 0.1) is 0 Å². The summed E-state index contributed by atoms with van der Waals surface area (Å²) in [6.07, 6.45) is 0. The summed E-state index contributed by atoms with van der Waals surface area (Å²) in [4.78, 5) is 17.0. The molecule has 0 saturated carbocycles. The summed E-state index contributed by atoms with van der Waals surface area (Å²) < 4.78 is 1.07. The molecule has 4 heteroatoms. The van der Waals surface area contributed by atoms with Crippen LogP contribution in [0.5, 0.6) is 0 Å². The van der Waals surface area contributed by atoms with E-state index in [0.717, 1.165) is 15.8 Å². The molecule has 1 amide bonds. The number of hydrogen-bond acceptors (Lipinski definition) is 3. The molecular formula is C17H16N2OS. The molecule has 0 aliphatic carbocycles. The van der Waals surface area contributed by atoms with E-state index in [2.05, 4.69) is 10.3 Å². The Bertz CT molecular complexity index is 745. The largest absolute Gasteiger partial charge is 0.301 e. The van der Waals surface area contributed by atoms with Crippen molar-refractivity contribution in [2.24, 2.45) is 0 Å². The van der Waals surface area contributed by atoms with Gasteiger partial charge in [0.25, 0.3) is 0 Å². The van der Waals surface area contributed by atoms with E-state index in [1.807, 2.05) is 68.4 Å². The number of nitrogens with one attached hydrogen (secondary N) is 1. The number of aromatic nitrogens is 1. The predicted molar refractivity (Wildman–Crippen MR) is 87.7 cm³/mol. The van der Waals surface area contributed by atoms with Crippen molar-refractivity contribution in [1.82, 2.24) is 4.98 Å². The summed E-state index contributed by atoms with van der Waals surface area (Å²) >= 11 is 1.49. The molecule has 0 bridgehead atoms. The Kier molecular flexibility index (Phi) is 3.47. The van der Waals surface area contributed by atoms with Crippen molar-refractivity contribution >= 4 is 32.6 Å². The van der Waals surface area contributed by atoms with Crippen LogP contribution in [-0.4, -0.2) is 10.9 Å². The van der Waals surface area contributed by atoms with Crippen LogP contribution in [0.1, 0.15) is 19.4 Å². The summed E-state index contributed by atoms with van der Waals surface area (Å²) in [5.41, 5.74) is 1.30. The minimum absolute atomic E-state index is 0.0484. The maximum absolute atomic E-state index is 12.6. The molecular weight excluding hydrogens is 280 g/mol. The zero-order valence-electron chi connectivity index (χ0n) is 12.0. The van der Waals surface area contributed by atoms with E-state index in [1.54, 1.807) is 0 Å². The van der Waals surface area contributed by atoms with Crippen LogP contribution in [0.25, 0.3) is 10.2 Å². The van der Waals surface area contributed by atoms with Crippen molar-refractivity contribution in [3.05, 3.63) is 60.2 Å². The number of amides is 1. The maximum atomic E-state index is 12.6. The summed E-state index contributed by atoms with van der Waals surface area (Å²) in [5, 5.41) is 3.58. The smallest absolute Gasteiger partial charge is 0.236 e. The van der Waals surface area contributed by atoms with Gasteiger partial charge in [-0.15, -0.1) is 0 Å². The lowest BCUT2D eigenvalue weighted by atomic mass is 9.84. The van der Waals surface area contributed by atoms with Crippen molar-refractivity contribution in [2.45, 2.75) is 19.3 Å². The lowest BCUT2D eigenvalue weighted by Crippen LogP contribution is -2.34. The summed E-state index contributed by atoms with van der Waals surface area (Å²) in [6.45, 7) is 3.84. The molecule has 0 aliphatic heterocycles. The lowest BCUT2D eigenvalue weighted by molar-refractivity contribution is -0.120. The van der Waals surface area contributed by atoms with E-state index in [9.17, 15) is 4.79 Å². The van der Waals surface area contributed by atoms with Gasteiger partial charge in [0.15, 0.2) is 5.13 Å². The molecule has 0 atom stereocenters.